The minimum atomic E-state index is -1.09. The van der Waals surface area contributed by atoms with Gasteiger partial charge in [0.25, 0.3) is 5.91 Å². The summed E-state index contributed by atoms with van der Waals surface area (Å²) in [6.07, 6.45) is 3.10. The van der Waals surface area contributed by atoms with E-state index in [1.165, 1.54) is 6.07 Å². The van der Waals surface area contributed by atoms with E-state index >= 15 is 0 Å². The summed E-state index contributed by atoms with van der Waals surface area (Å²) in [5.74, 6) is -0.136. The Labute approximate surface area is 250 Å². The third-order valence-corrected chi connectivity index (χ3v) is 8.65. The third-order valence-electron chi connectivity index (χ3n) is 8.65. The van der Waals surface area contributed by atoms with Gasteiger partial charge in [-0.2, -0.15) is 5.26 Å². The van der Waals surface area contributed by atoms with Gasteiger partial charge in [0, 0.05) is 45.2 Å². The van der Waals surface area contributed by atoms with Crippen LogP contribution in [0.3, 0.4) is 0 Å². The highest BCUT2D eigenvalue weighted by atomic mass is 16.4. The van der Waals surface area contributed by atoms with Gasteiger partial charge in [-0.05, 0) is 43.0 Å². The summed E-state index contributed by atoms with van der Waals surface area (Å²) in [7, 11) is 0. The van der Waals surface area contributed by atoms with E-state index in [4.69, 9.17) is 0 Å². The zero-order valence-electron chi connectivity index (χ0n) is 24.3. The smallest absolute Gasteiger partial charge is 0.354 e. The van der Waals surface area contributed by atoms with Gasteiger partial charge in [0.05, 0.1) is 23.4 Å². The minimum Gasteiger partial charge on any atom is -0.477 e. The van der Waals surface area contributed by atoms with Crippen LogP contribution in [-0.2, 0) is 0 Å². The van der Waals surface area contributed by atoms with Gasteiger partial charge < -0.3 is 19.8 Å². The highest BCUT2D eigenvalue weighted by Gasteiger charge is 2.55. The van der Waals surface area contributed by atoms with Crippen molar-refractivity contribution in [2.24, 2.45) is 17.3 Å². The van der Waals surface area contributed by atoms with Gasteiger partial charge in [0.2, 0.25) is 5.82 Å². The standard InChI is InChI=1S/C26H28N8O3.C6H6/c1-16-6-7-31(9-16)19-8-17(2)23-29-22(30-34(23)12-19)24(35)33-11-18-10-32(14-26(18,13-27)15-33)21-5-3-4-20(28-21)25(36)37;1-2-4-6-5-3-1/h3-5,8,12,16,18H,6-7,9-11,14-15H2,1-2H3,(H,36,37);1-6H. The second-order valence-corrected chi connectivity index (χ2v) is 11.8. The lowest BCUT2D eigenvalue weighted by Crippen LogP contribution is -2.37. The molecule has 0 radical (unpaired) electrons. The Bertz CT molecular complexity index is 1670. The number of nitriles is 1. The molecule has 3 aliphatic rings. The molecule has 3 unspecified atom stereocenters. The van der Waals surface area contributed by atoms with E-state index in [1.807, 2.05) is 54.4 Å². The first kappa shape index (κ1) is 28.2. The summed E-state index contributed by atoms with van der Waals surface area (Å²) in [5.41, 5.74) is 1.91. The average Bonchev–Trinajstić information content (AvgIpc) is 3.80. The molecule has 0 aliphatic carbocycles. The molecule has 6 heterocycles. The first-order chi connectivity index (χ1) is 20.8. The summed E-state index contributed by atoms with van der Waals surface area (Å²) in [6.45, 7) is 7.82. The van der Waals surface area contributed by atoms with Crippen molar-refractivity contribution in [3.63, 3.8) is 0 Å². The maximum Gasteiger partial charge on any atom is 0.354 e. The molecule has 0 spiro atoms. The average molecular weight is 579 g/mol. The van der Waals surface area contributed by atoms with Crippen LogP contribution in [0.1, 0.15) is 40.0 Å². The highest BCUT2D eigenvalue weighted by molar-refractivity contribution is 5.91. The lowest BCUT2D eigenvalue weighted by molar-refractivity contribution is 0.0689. The largest absolute Gasteiger partial charge is 0.477 e. The maximum absolute atomic E-state index is 13.4. The number of pyridine rings is 2. The molecule has 1 amide bonds. The number of anilines is 2. The van der Waals surface area contributed by atoms with Crippen molar-refractivity contribution in [1.29, 1.82) is 5.26 Å². The Morgan fingerprint density at radius 3 is 2.37 bits per heavy atom. The van der Waals surface area contributed by atoms with Crippen LogP contribution >= 0.6 is 0 Å². The topological polar surface area (TPSA) is 131 Å². The number of rotatable bonds is 4. The van der Waals surface area contributed by atoms with Crippen LogP contribution in [0.4, 0.5) is 11.5 Å². The molecule has 0 bridgehead atoms. The van der Waals surface area contributed by atoms with Crippen molar-refractivity contribution in [1.82, 2.24) is 24.5 Å². The molecule has 43 heavy (non-hydrogen) atoms. The number of aryl methyl sites for hydroxylation is 1. The molecule has 3 aromatic heterocycles. The quantitative estimate of drug-likeness (QED) is 0.384. The predicted octanol–water partition coefficient (Wildman–Crippen LogP) is 3.77. The molecule has 0 saturated carbocycles. The molecule has 4 aromatic rings. The van der Waals surface area contributed by atoms with E-state index in [-0.39, 0.29) is 29.9 Å². The van der Waals surface area contributed by atoms with Crippen LogP contribution in [0.15, 0.2) is 66.9 Å². The van der Waals surface area contributed by atoms with Crippen LogP contribution in [0.25, 0.3) is 5.65 Å². The number of benzene rings is 1. The Morgan fingerprint density at radius 1 is 1.00 bits per heavy atom. The van der Waals surface area contributed by atoms with Crippen LogP contribution in [-0.4, -0.2) is 80.7 Å². The summed E-state index contributed by atoms with van der Waals surface area (Å²) >= 11 is 0. The number of aromatic nitrogens is 4. The normalized spacial score (nSPS) is 22.7. The van der Waals surface area contributed by atoms with E-state index < -0.39 is 11.4 Å². The molecule has 220 valence electrons. The number of fused-ring (bicyclic) bond motifs is 2. The number of likely N-dealkylation sites (tertiary alicyclic amines) is 1. The number of carboxylic acids is 1. The fourth-order valence-electron chi connectivity index (χ4n) is 6.36. The van der Waals surface area contributed by atoms with Gasteiger partial charge >= 0.3 is 5.97 Å². The number of aromatic carboxylic acids is 1. The van der Waals surface area contributed by atoms with Gasteiger partial charge in [0.1, 0.15) is 5.82 Å². The number of amides is 1. The van der Waals surface area contributed by atoms with Crippen LogP contribution in [0.2, 0.25) is 0 Å². The van der Waals surface area contributed by atoms with E-state index in [2.05, 4.69) is 39.0 Å². The lowest BCUT2D eigenvalue weighted by Gasteiger charge is -2.24. The molecule has 3 aliphatic heterocycles. The van der Waals surface area contributed by atoms with Gasteiger partial charge in [-0.1, -0.05) is 49.4 Å². The molecule has 3 fully saturated rings. The zero-order chi connectivity index (χ0) is 30.1. The Hall–Kier alpha value is -4.98. The van der Waals surface area contributed by atoms with E-state index in [0.29, 0.717) is 37.0 Å². The van der Waals surface area contributed by atoms with E-state index in [9.17, 15) is 20.0 Å². The molecule has 11 heteroatoms. The Kier molecular flexibility index (Phi) is 7.44. The molecule has 3 atom stereocenters. The fourth-order valence-corrected chi connectivity index (χ4v) is 6.36. The second-order valence-electron chi connectivity index (χ2n) is 11.8. The van der Waals surface area contributed by atoms with Gasteiger partial charge in [0.15, 0.2) is 11.3 Å². The number of carboxylic acid groups (broad SMARTS) is 1. The van der Waals surface area contributed by atoms with Gasteiger partial charge in [-0.15, -0.1) is 5.10 Å². The molecule has 11 nitrogen and oxygen atoms in total. The van der Waals surface area contributed by atoms with Crippen LogP contribution < -0.4 is 9.80 Å². The number of hydrogen-bond donors (Lipinski definition) is 1. The second kappa shape index (κ2) is 11.4. The number of carbonyl (C=O) groups excluding carboxylic acids is 1. The van der Waals surface area contributed by atoms with Crippen LogP contribution in [0.5, 0.6) is 0 Å². The van der Waals surface area contributed by atoms with Crippen molar-refractivity contribution in [2.45, 2.75) is 20.3 Å². The number of carbonyl (C=O) groups is 2. The summed E-state index contributed by atoms with van der Waals surface area (Å²) in [5, 5.41) is 23.9. The molecule has 1 N–H and O–H groups in total. The summed E-state index contributed by atoms with van der Waals surface area (Å²) in [6, 6.07) is 21.4. The molecular formula is C32H34N8O3. The van der Waals surface area contributed by atoms with E-state index in [1.54, 1.807) is 21.5 Å². The minimum absolute atomic E-state index is 0.0343. The summed E-state index contributed by atoms with van der Waals surface area (Å²) in [4.78, 5) is 39.5. The first-order valence-corrected chi connectivity index (χ1v) is 14.5. The Balaban J connectivity index is 0.000000491. The fraction of sp³-hybridized carbons (Fsp3) is 0.375. The van der Waals surface area contributed by atoms with E-state index in [0.717, 1.165) is 30.8 Å². The number of nitrogens with zero attached hydrogens (tertiary/aromatic N) is 8. The zero-order valence-corrected chi connectivity index (χ0v) is 24.3. The number of hydrogen-bond acceptors (Lipinski definition) is 8. The monoisotopic (exact) mass is 578 g/mol. The van der Waals surface area contributed by atoms with Crippen LogP contribution in [0, 0.1) is 35.5 Å². The van der Waals surface area contributed by atoms with Crippen molar-refractivity contribution < 1.29 is 14.7 Å². The van der Waals surface area contributed by atoms with Crippen molar-refractivity contribution in [3.8, 4) is 6.07 Å². The van der Waals surface area contributed by atoms with Crippen molar-refractivity contribution in [2.75, 3.05) is 49.1 Å². The molecular weight excluding hydrogens is 544 g/mol. The maximum atomic E-state index is 13.4. The predicted molar refractivity (Wildman–Crippen MR) is 161 cm³/mol. The van der Waals surface area contributed by atoms with Crippen molar-refractivity contribution >= 4 is 29.0 Å². The van der Waals surface area contributed by atoms with Gasteiger partial charge in [-0.25, -0.2) is 19.3 Å². The molecule has 1 aromatic carbocycles. The summed E-state index contributed by atoms with van der Waals surface area (Å²) < 4.78 is 1.70. The van der Waals surface area contributed by atoms with Crippen molar-refractivity contribution in [3.05, 3.63) is 83.9 Å². The molecule has 3 saturated heterocycles. The molecule has 7 rings (SSSR count). The first-order valence-electron chi connectivity index (χ1n) is 14.5. The Morgan fingerprint density at radius 2 is 1.74 bits per heavy atom. The lowest BCUT2D eigenvalue weighted by atomic mass is 9.83. The third kappa shape index (κ3) is 5.48. The highest BCUT2D eigenvalue weighted by Crippen LogP contribution is 2.43. The SMILES string of the molecule is Cc1cc(N2CCC(C)C2)cn2nc(C(=O)N3CC4CN(c5cccc(C(=O)O)n5)CC4(C#N)C3)nc12.c1ccccc1. The van der Waals surface area contributed by atoms with Gasteiger partial charge in [-0.3, -0.25) is 4.79 Å².